The van der Waals surface area contributed by atoms with E-state index < -0.39 is 0 Å². The molecule has 112 valence electrons. The fourth-order valence-corrected chi connectivity index (χ4v) is 3.36. The van der Waals surface area contributed by atoms with Crippen molar-refractivity contribution in [1.82, 2.24) is 4.90 Å². The summed E-state index contributed by atoms with van der Waals surface area (Å²) in [5.74, 6) is -0.370. The van der Waals surface area contributed by atoms with E-state index in [9.17, 15) is 0 Å². The van der Waals surface area contributed by atoms with Gasteiger partial charge < -0.3 is 9.47 Å². The lowest BCUT2D eigenvalue weighted by Gasteiger charge is -2.29. The molecule has 0 aromatic carbocycles. The number of hydrogen-bond acceptors (Lipinski definition) is 3. The summed E-state index contributed by atoms with van der Waals surface area (Å²) < 4.78 is 12.5. The van der Waals surface area contributed by atoms with Crippen LogP contribution in [0.5, 0.6) is 0 Å². The van der Waals surface area contributed by atoms with E-state index >= 15 is 0 Å². The molecule has 0 amide bonds. The highest BCUT2D eigenvalue weighted by molar-refractivity contribution is 4.90. The highest BCUT2D eigenvalue weighted by Gasteiger charge is 2.52. The van der Waals surface area contributed by atoms with Crippen LogP contribution in [-0.4, -0.2) is 36.1 Å². The molecule has 3 nitrogen and oxygen atoms in total. The Balaban J connectivity index is 1.82. The second-order valence-electron chi connectivity index (χ2n) is 6.24. The summed E-state index contributed by atoms with van der Waals surface area (Å²) in [5.41, 5.74) is 0. The van der Waals surface area contributed by atoms with Crippen LogP contribution in [0.15, 0.2) is 0 Å². The van der Waals surface area contributed by atoms with Gasteiger partial charge in [0.25, 0.3) is 0 Å². The molecule has 0 bridgehead atoms. The minimum absolute atomic E-state index is 0.317. The molecule has 0 radical (unpaired) electrons. The van der Waals surface area contributed by atoms with Crippen molar-refractivity contribution in [3.05, 3.63) is 0 Å². The summed E-state index contributed by atoms with van der Waals surface area (Å²) in [4.78, 5) is 2.44. The van der Waals surface area contributed by atoms with Crippen LogP contribution in [0.1, 0.15) is 72.1 Å². The van der Waals surface area contributed by atoms with Crippen molar-refractivity contribution >= 4 is 0 Å². The maximum Gasteiger partial charge on any atom is 0.230 e. The molecular formula is C16H31NO2. The summed E-state index contributed by atoms with van der Waals surface area (Å²) in [6, 6.07) is 0. The smallest absolute Gasteiger partial charge is 0.230 e. The predicted molar refractivity (Wildman–Crippen MR) is 78.0 cm³/mol. The lowest BCUT2D eigenvalue weighted by molar-refractivity contribution is -0.260. The molecule has 3 unspecified atom stereocenters. The highest BCUT2D eigenvalue weighted by atomic mass is 16.7. The third-order valence-corrected chi connectivity index (χ3v) is 4.35. The zero-order valence-electron chi connectivity index (χ0n) is 13.0. The molecule has 0 N–H and O–H groups in total. The zero-order valence-corrected chi connectivity index (χ0v) is 13.0. The van der Waals surface area contributed by atoms with Gasteiger partial charge in [-0.2, -0.15) is 0 Å². The van der Waals surface area contributed by atoms with E-state index in [0.29, 0.717) is 12.2 Å². The first-order chi connectivity index (χ1) is 9.20. The van der Waals surface area contributed by atoms with Crippen LogP contribution in [0.25, 0.3) is 0 Å². The Morgan fingerprint density at radius 2 is 1.79 bits per heavy atom. The summed E-state index contributed by atoms with van der Waals surface area (Å²) in [6.45, 7) is 8.76. The van der Waals surface area contributed by atoms with Gasteiger partial charge in [0.15, 0.2) is 0 Å². The van der Waals surface area contributed by atoms with E-state index in [-0.39, 0.29) is 5.91 Å². The fraction of sp³-hybridized carbons (Fsp3) is 1.00. The molecule has 3 heteroatoms. The SMILES string of the molecule is CCCCCCC1CN2CC(C)OC2(CCCC)O1. The number of unbranched alkanes of at least 4 members (excludes halogenated alkanes) is 4. The third-order valence-electron chi connectivity index (χ3n) is 4.35. The Hall–Kier alpha value is -0.120. The van der Waals surface area contributed by atoms with Crippen molar-refractivity contribution in [2.75, 3.05) is 13.1 Å². The molecule has 2 rings (SSSR count). The molecule has 0 aliphatic carbocycles. The minimum atomic E-state index is -0.370. The number of ether oxygens (including phenoxy) is 2. The van der Waals surface area contributed by atoms with Gasteiger partial charge >= 0.3 is 0 Å². The van der Waals surface area contributed by atoms with Crippen LogP contribution < -0.4 is 0 Å². The fourth-order valence-electron chi connectivity index (χ4n) is 3.36. The summed E-state index contributed by atoms with van der Waals surface area (Å²) >= 11 is 0. The predicted octanol–water partition coefficient (Wildman–Crippen LogP) is 3.92. The van der Waals surface area contributed by atoms with Gasteiger partial charge in [0, 0.05) is 19.5 Å². The standard InChI is InChI=1S/C16H31NO2/c1-4-6-8-9-10-15-13-17-12-14(3)18-16(17,19-15)11-7-5-2/h14-15H,4-13H2,1-3H3. The number of rotatable bonds is 8. The van der Waals surface area contributed by atoms with Crippen molar-refractivity contribution < 1.29 is 9.47 Å². The molecule has 0 aromatic heterocycles. The summed E-state index contributed by atoms with van der Waals surface area (Å²) in [5, 5.41) is 0. The Morgan fingerprint density at radius 1 is 1.00 bits per heavy atom. The van der Waals surface area contributed by atoms with E-state index in [1.165, 1.54) is 44.9 Å². The second kappa shape index (κ2) is 7.05. The molecule has 0 saturated carbocycles. The van der Waals surface area contributed by atoms with Crippen molar-refractivity contribution in [2.24, 2.45) is 0 Å². The van der Waals surface area contributed by atoms with E-state index in [1.807, 2.05) is 0 Å². The number of hydrogen-bond donors (Lipinski definition) is 0. The lowest BCUT2D eigenvalue weighted by atomic mass is 10.1. The average Bonchev–Trinajstić information content (AvgIpc) is 2.84. The van der Waals surface area contributed by atoms with Crippen molar-refractivity contribution in [1.29, 1.82) is 0 Å². The highest BCUT2D eigenvalue weighted by Crippen LogP contribution is 2.40. The first-order valence-corrected chi connectivity index (χ1v) is 8.31. The molecule has 2 aliphatic heterocycles. The van der Waals surface area contributed by atoms with Gasteiger partial charge in [-0.3, -0.25) is 0 Å². The molecule has 0 spiro atoms. The topological polar surface area (TPSA) is 21.7 Å². The van der Waals surface area contributed by atoms with Crippen molar-refractivity contribution in [2.45, 2.75) is 90.3 Å². The second-order valence-corrected chi connectivity index (χ2v) is 6.24. The maximum atomic E-state index is 6.33. The van der Waals surface area contributed by atoms with Crippen molar-refractivity contribution in [3.8, 4) is 0 Å². The average molecular weight is 269 g/mol. The molecular weight excluding hydrogens is 238 g/mol. The van der Waals surface area contributed by atoms with Crippen LogP contribution in [-0.2, 0) is 9.47 Å². The van der Waals surface area contributed by atoms with Crippen LogP contribution in [0.2, 0.25) is 0 Å². The molecule has 2 fully saturated rings. The van der Waals surface area contributed by atoms with Crippen LogP contribution in [0.3, 0.4) is 0 Å². The Kier molecular flexibility index (Phi) is 5.67. The van der Waals surface area contributed by atoms with Gasteiger partial charge in [0.1, 0.15) is 0 Å². The normalized spacial score (nSPS) is 34.9. The number of fused-ring (bicyclic) bond motifs is 1. The van der Waals surface area contributed by atoms with Gasteiger partial charge in [0.2, 0.25) is 5.91 Å². The lowest BCUT2D eigenvalue weighted by Crippen LogP contribution is -2.40. The zero-order chi connectivity index (χ0) is 13.7. The monoisotopic (exact) mass is 269 g/mol. The van der Waals surface area contributed by atoms with Crippen LogP contribution >= 0.6 is 0 Å². The first-order valence-electron chi connectivity index (χ1n) is 8.31. The molecule has 19 heavy (non-hydrogen) atoms. The van der Waals surface area contributed by atoms with Gasteiger partial charge in [-0.1, -0.05) is 46.0 Å². The van der Waals surface area contributed by atoms with E-state index in [0.717, 1.165) is 19.5 Å². The largest absolute Gasteiger partial charge is 0.333 e. The Bertz CT molecular complexity index is 271. The summed E-state index contributed by atoms with van der Waals surface area (Å²) in [6.07, 6.45) is 10.6. The minimum Gasteiger partial charge on any atom is -0.333 e. The quantitative estimate of drug-likeness (QED) is 0.623. The maximum absolute atomic E-state index is 6.33. The molecule has 2 saturated heterocycles. The summed E-state index contributed by atoms with van der Waals surface area (Å²) in [7, 11) is 0. The van der Waals surface area contributed by atoms with Crippen LogP contribution in [0.4, 0.5) is 0 Å². The van der Waals surface area contributed by atoms with Gasteiger partial charge in [-0.05, 0) is 19.8 Å². The van der Waals surface area contributed by atoms with E-state index in [4.69, 9.17) is 9.47 Å². The molecule has 2 heterocycles. The van der Waals surface area contributed by atoms with Crippen molar-refractivity contribution in [3.63, 3.8) is 0 Å². The van der Waals surface area contributed by atoms with Gasteiger partial charge in [-0.15, -0.1) is 0 Å². The van der Waals surface area contributed by atoms with Gasteiger partial charge in [0.05, 0.1) is 12.2 Å². The Morgan fingerprint density at radius 3 is 2.53 bits per heavy atom. The van der Waals surface area contributed by atoms with E-state index in [1.54, 1.807) is 0 Å². The third kappa shape index (κ3) is 3.71. The van der Waals surface area contributed by atoms with Gasteiger partial charge in [-0.25, -0.2) is 4.90 Å². The molecule has 3 atom stereocenters. The first kappa shape index (κ1) is 15.3. The molecule has 2 aliphatic rings. The van der Waals surface area contributed by atoms with Crippen LogP contribution in [0, 0.1) is 0 Å². The Labute approximate surface area is 118 Å². The molecule has 0 aromatic rings. The number of nitrogens with zero attached hydrogens (tertiary/aromatic N) is 1. The van der Waals surface area contributed by atoms with E-state index in [2.05, 4.69) is 25.7 Å².